The number of aliphatic imine (C=N–C) groups is 1. The number of furan rings is 1. The Morgan fingerprint density at radius 2 is 1.62 bits per heavy atom. The van der Waals surface area contributed by atoms with E-state index >= 15 is 0 Å². The third-order valence-electron chi connectivity index (χ3n) is 5.59. The molecule has 0 unspecified atom stereocenters. The summed E-state index contributed by atoms with van der Waals surface area (Å²) in [6.07, 6.45) is 1.78. The van der Waals surface area contributed by atoms with Crippen LogP contribution in [0.5, 0.6) is 0 Å². The Hall–Kier alpha value is -2.96. The van der Waals surface area contributed by atoms with Gasteiger partial charge in [0.15, 0.2) is 5.17 Å². The van der Waals surface area contributed by atoms with E-state index in [1.54, 1.807) is 6.08 Å². The van der Waals surface area contributed by atoms with E-state index in [0.717, 1.165) is 53.4 Å². The molecule has 0 atom stereocenters. The Bertz CT molecular complexity index is 1190. The molecule has 1 amide bonds. The summed E-state index contributed by atoms with van der Waals surface area (Å²) >= 11 is 7.41. The number of hydrogen-bond acceptors (Lipinski definition) is 5. The van der Waals surface area contributed by atoms with Gasteiger partial charge >= 0.3 is 0 Å². The second kappa shape index (κ2) is 8.88. The zero-order valence-corrected chi connectivity index (χ0v) is 19.2. The maximum Gasteiger partial charge on any atom is 0.286 e. The van der Waals surface area contributed by atoms with Crippen LogP contribution in [0.3, 0.4) is 0 Å². The lowest BCUT2D eigenvalue weighted by Crippen LogP contribution is -2.47. The van der Waals surface area contributed by atoms with E-state index in [0.29, 0.717) is 10.7 Å². The number of rotatable bonds is 3. The number of amidine groups is 1. The van der Waals surface area contributed by atoms with E-state index in [2.05, 4.69) is 33.8 Å². The van der Waals surface area contributed by atoms with Crippen LogP contribution in [0.4, 0.5) is 5.69 Å². The largest absolute Gasteiger partial charge is 0.457 e. The minimum Gasteiger partial charge on any atom is -0.457 e. The minimum absolute atomic E-state index is 0.210. The van der Waals surface area contributed by atoms with Gasteiger partial charge < -0.3 is 14.2 Å². The molecule has 162 valence electrons. The van der Waals surface area contributed by atoms with Gasteiger partial charge in [-0.1, -0.05) is 41.4 Å². The molecule has 7 heteroatoms. The van der Waals surface area contributed by atoms with Gasteiger partial charge in [0.05, 0.1) is 4.91 Å². The summed E-state index contributed by atoms with van der Waals surface area (Å²) < 4.78 is 5.95. The Morgan fingerprint density at radius 3 is 2.34 bits per heavy atom. The normalized spacial score (nSPS) is 17.9. The summed E-state index contributed by atoms with van der Waals surface area (Å²) in [4.78, 5) is 21.9. The minimum atomic E-state index is -0.210. The third kappa shape index (κ3) is 4.47. The van der Waals surface area contributed by atoms with Crippen LogP contribution in [-0.4, -0.2) is 42.2 Å². The number of nitrogens with zero attached hydrogens (tertiary/aromatic N) is 3. The van der Waals surface area contributed by atoms with Crippen molar-refractivity contribution in [3.63, 3.8) is 0 Å². The summed E-state index contributed by atoms with van der Waals surface area (Å²) in [6, 6.07) is 19.9. The number of hydrogen-bond donors (Lipinski definition) is 0. The van der Waals surface area contributed by atoms with Crippen molar-refractivity contribution < 1.29 is 9.21 Å². The Morgan fingerprint density at radius 1 is 0.938 bits per heavy atom. The first-order valence-electron chi connectivity index (χ1n) is 10.5. The van der Waals surface area contributed by atoms with Gasteiger partial charge in [0.25, 0.3) is 5.91 Å². The lowest BCUT2D eigenvalue weighted by Gasteiger charge is -2.36. The molecule has 2 aliphatic heterocycles. The van der Waals surface area contributed by atoms with E-state index in [1.807, 2.05) is 48.5 Å². The summed E-state index contributed by atoms with van der Waals surface area (Å²) in [6.45, 7) is 5.42. The van der Waals surface area contributed by atoms with Crippen LogP contribution < -0.4 is 4.90 Å². The number of amides is 1. The lowest BCUT2D eigenvalue weighted by atomic mass is 10.1. The first-order chi connectivity index (χ1) is 15.5. The molecule has 0 aliphatic carbocycles. The van der Waals surface area contributed by atoms with Crippen LogP contribution in [0.2, 0.25) is 5.02 Å². The average Bonchev–Trinajstić information content (AvgIpc) is 3.42. The summed E-state index contributed by atoms with van der Waals surface area (Å²) in [5.74, 6) is 1.23. The molecule has 5 nitrogen and oxygen atoms in total. The van der Waals surface area contributed by atoms with Crippen molar-refractivity contribution >= 4 is 46.2 Å². The fourth-order valence-electron chi connectivity index (χ4n) is 3.77. The van der Waals surface area contributed by atoms with E-state index in [4.69, 9.17) is 16.0 Å². The molecule has 0 saturated carbocycles. The van der Waals surface area contributed by atoms with Crippen molar-refractivity contribution in [3.05, 3.63) is 81.9 Å². The van der Waals surface area contributed by atoms with E-state index in [9.17, 15) is 4.79 Å². The van der Waals surface area contributed by atoms with Crippen LogP contribution in [0.15, 0.2) is 75.0 Å². The molecule has 0 bridgehead atoms. The zero-order chi connectivity index (χ0) is 22.1. The van der Waals surface area contributed by atoms with Crippen molar-refractivity contribution in [2.24, 2.45) is 4.99 Å². The van der Waals surface area contributed by atoms with Crippen LogP contribution in [-0.2, 0) is 4.79 Å². The van der Waals surface area contributed by atoms with E-state index in [-0.39, 0.29) is 5.91 Å². The molecule has 0 N–H and O–H groups in total. The molecule has 32 heavy (non-hydrogen) atoms. The van der Waals surface area contributed by atoms with Gasteiger partial charge in [-0.3, -0.25) is 4.79 Å². The Kier molecular flexibility index (Phi) is 5.81. The van der Waals surface area contributed by atoms with Crippen molar-refractivity contribution in [1.29, 1.82) is 0 Å². The SMILES string of the molecule is Cc1ccc(-c2ccc(C=C3SC(N4CCN(c5ccc(Cl)cc5)CC4)=NC3=O)o2)cc1. The molecule has 3 heterocycles. The maximum atomic E-state index is 12.5. The molecule has 3 aromatic rings. The molecule has 1 fully saturated rings. The molecule has 5 rings (SSSR count). The monoisotopic (exact) mass is 463 g/mol. The first-order valence-corrected chi connectivity index (χ1v) is 11.7. The fourth-order valence-corrected chi connectivity index (χ4v) is 4.84. The van der Waals surface area contributed by atoms with E-state index in [1.165, 1.54) is 17.3 Å². The molecule has 0 spiro atoms. The highest BCUT2D eigenvalue weighted by Gasteiger charge is 2.28. The Balaban J connectivity index is 1.22. The van der Waals surface area contributed by atoms with Gasteiger partial charge in [0, 0.05) is 48.5 Å². The maximum absolute atomic E-state index is 12.5. The predicted molar refractivity (Wildman–Crippen MR) is 132 cm³/mol. The van der Waals surface area contributed by atoms with Crippen LogP contribution >= 0.6 is 23.4 Å². The van der Waals surface area contributed by atoms with Gasteiger partial charge in [-0.2, -0.15) is 4.99 Å². The quantitative estimate of drug-likeness (QED) is 0.466. The molecular formula is C25H22ClN3O2S. The van der Waals surface area contributed by atoms with Gasteiger partial charge in [-0.15, -0.1) is 0 Å². The molecule has 1 saturated heterocycles. The number of piperazine rings is 1. The standard InChI is InChI=1S/C25H22ClN3O2S/c1-17-2-4-18(5-3-17)22-11-10-21(31-22)16-23-24(30)27-25(32-23)29-14-12-28(13-15-29)20-8-6-19(26)7-9-20/h2-11,16H,12-15H2,1H3. The topological polar surface area (TPSA) is 49.0 Å². The average molecular weight is 464 g/mol. The number of benzene rings is 2. The highest BCUT2D eigenvalue weighted by atomic mass is 35.5. The van der Waals surface area contributed by atoms with Gasteiger partial charge in [-0.05, 0) is 55.1 Å². The van der Waals surface area contributed by atoms with Crippen molar-refractivity contribution in [2.75, 3.05) is 31.1 Å². The molecule has 2 aromatic carbocycles. The van der Waals surface area contributed by atoms with Crippen molar-refractivity contribution in [2.45, 2.75) is 6.92 Å². The first kappa shape index (κ1) is 20.9. The summed E-state index contributed by atoms with van der Waals surface area (Å²) in [7, 11) is 0. The second-order valence-corrected chi connectivity index (χ2v) is 9.27. The number of anilines is 1. The van der Waals surface area contributed by atoms with Gasteiger partial charge in [-0.25, -0.2) is 0 Å². The zero-order valence-electron chi connectivity index (χ0n) is 17.6. The molecular weight excluding hydrogens is 442 g/mol. The number of thioether (sulfide) groups is 1. The van der Waals surface area contributed by atoms with Crippen molar-refractivity contribution in [1.82, 2.24) is 4.90 Å². The van der Waals surface area contributed by atoms with Gasteiger partial charge in [0.1, 0.15) is 11.5 Å². The highest BCUT2D eigenvalue weighted by molar-refractivity contribution is 8.18. The van der Waals surface area contributed by atoms with Crippen LogP contribution in [0.25, 0.3) is 17.4 Å². The van der Waals surface area contributed by atoms with Crippen LogP contribution in [0, 0.1) is 6.92 Å². The molecule has 0 radical (unpaired) electrons. The third-order valence-corrected chi connectivity index (χ3v) is 6.88. The van der Waals surface area contributed by atoms with Crippen molar-refractivity contribution in [3.8, 4) is 11.3 Å². The molecule has 1 aromatic heterocycles. The number of carbonyl (C=O) groups is 1. The summed E-state index contributed by atoms with van der Waals surface area (Å²) in [5.41, 5.74) is 3.38. The van der Waals surface area contributed by atoms with E-state index < -0.39 is 0 Å². The number of carbonyl (C=O) groups excluding carboxylic acids is 1. The van der Waals surface area contributed by atoms with Crippen LogP contribution in [0.1, 0.15) is 11.3 Å². The summed E-state index contributed by atoms with van der Waals surface area (Å²) in [5, 5.41) is 1.51. The lowest BCUT2D eigenvalue weighted by molar-refractivity contribution is -0.113. The number of halogens is 1. The van der Waals surface area contributed by atoms with Gasteiger partial charge in [0.2, 0.25) is 0 Å². The Labute approximate surface area is 196 Å². The smallest absolute Gasteiger partial charge is 0.286 e. The fraction of sp³-hybridized carbons (Fsp3) is 0.200. The highest BCUT2D eigenvalue weighted by Crippen LogP contribution is 2.32. The predicted octanol–water partition coefficient (Wildman–Crippen LogP) is 5.70. The second-order valence-electron chi connectivity index (χ2n) is 7.83. The molecule has 2 aliphatic rings. The number of aryl methyl sites for hydroxylation is 1.